The van der Waals surface area contributed by atoms with Crippen molar-refractivity contribution in [1.29, 1.82) is 0 Å². The summed E-state index contributed by atoms with van der Waals surface area (Å²) in [6.45, 7) is 2.55. The minimum Gasteiger partial charge on any atom is -0.366 e. The number of alkyl halides is 3. The summed E-state index contributed by atoms with van der Waals surface area (Å²) >= 11 is 0. The average molecular weight is 305 g/mol. The van der Waals surface area contributed by atoms with Gasteiger partial charge in [-0.15, -0.1) is 0 Å². The van der Waals surface area contributed by atoms with Crippen LogP contribution in [0.5, 0.6) is 0 Å². The molecule has 0 spiro atoms. The van der Waals surface area contributed by atoms with E-state index in [1.807, 2.05) is 0 Å². The van der Waals surface area contributed by atoms with Crippen LogP contribution in [-0.2, 0) is 0 Å². The molecule has 6 heteroatoms. The van der Waals surface area contributed by atoms with Gasteiger partial charge >= 0.3 is 6.18 Å². The molecule has 1 atom stereocenters. The fourth-order valence-corrected chi connectivity index (χ4v) is 2.68. The summed E-state index contributed by atoms with van der Waals surface area (Å²) in [5, 5.41) is 0. The van der Waals surface area contributed by atoms with Crippen LogP contribution in [0.1, 0.15) is 30.7 Å². The number of hydrogen-bond donors (Lipinski definition) is 0. The van der Waals surface area contributed by atoms with E-state index in [-0.39, 0.29) is 12.1 Å². The van der Waals surface area contributed by atoms with Gasteiger partial charge in [-0.05, 0) is 30.9 Å². The molecule has 1 heterocycles. The maximum atomic E-state index is 13.8. The van der Waals surface area contributed by atoms with Crippen LogP contribution in [0.15, 0.2) is 30.5 Å². The first kappa shape index (κ1) is 15.8. The van der Waals surface area contributed by atoms with Gasteiger partial charge in [-0.3, -0.25) is 0 Å². The summed E-state index contributed by atoms with van der Waals surface area (Å²) < 4.78 is 64.9. The van der Waals surface area contributed by atoms with E-state index < -0.39 is 30.3 Å². The first-order valence-corrected chi connectivity index (χ1v) is 6.71. The zero-order chi connectivity index (χ0) is 15.6. The molecule has 1 fully saturated rings. The third kappa shape index (κ3) is 3.95. The summed E-state index contributed by atoms with van der Waals surface area (Å²) in [6, 6.07) is 3.81. The maximum absolute atomic E-state index is 13.8. The Hall–Kier alpha value is -1.59. The smallest absolute Gasteiger partial charge is 0.366 e. The van der Waals surface area contributed by atoms with Crippen molar-refractivity contribution in [3.8, 4) is 0 Å². The fourth-order valence-electron chi connectivity index (χ4n) is 2.68. The fraction of sp³-hybridized carbons (Fsp3) is 0.467. The molecule has 0 N–H and O–H groups in total. The summed E-state index contributed by atoms with van der Waals surface area (Å²) in [4.78, 5) is 1.13. The van der Waals surface area contributed by atoms with Gasteiger partial charge in [-0.25, -0.2) is 8.78 Å². The van der Waals surface area contributed by atoms with Crippen LogP contribution in [0.4, 0.5) is 22.0 Å². The largest absolute Gasteiger partial charge is 0.405 e. The van der Waals surface area contributed by atoms with Crippen LogP contribution in [0, 0.1) is 11.6 Å². The summed E-state index contributed by atoms with van der Waals surface area (Å²) in [7, 11) is 0. The van der Waals surface area contributed by atoms with E-state index in [1.165, 1.54) is 12.1 Å². The topological polar surface area (TPSA) is 3.24 Å². The molecule has 1 saturated heterocycles. The molecule has 1 unspecified atom stereocenters. The molecule has 0 saturated carbocycles. The van der Waals surface area contributed by atoms with Crippen molar-refractivity contribution >= 4 is 0 Å². The normalized spacial score (nSPS) is 20.5. The van der Waals surface area contributed by atoms with Crippen molar-refractivity contribution in [2.75, 3.05) is 13.1 Å². The molecule has 0 amide bonds. The number of nitrogens with zero attached hydrogens (tertiary/aromatic N) is 1. The highest BCUT2D eigenvalue weighted by Gasteiger charge is 2.34. The molecule has 1 aromatic carbocycles. The van der Waals surface area contributed by atoms with Crippen LogP contribution in [0.25, 0.3) is 0 Å². The Labute approximate surface area is 120 Å². The van der Waals surface area contributed by atoms with Gasteiger partial charge in [-0.1, -0.05) is 18.7 Å². The first-order valence-electron chi connectivity index (χ1n) is 6.71. The van der Waals surface area contributed by atoms with Crippen molar-refractivity contribution in [2.45, 2.75) is 31.4 Å². The Morgan fingerprint density at radius 2 is 1.95 bits per heavy atom. The van der Waals surface area contributed by atoms with Gasteiger partial charge in [0.25, 0.3) is 0 Å². The molecular weight excluding hydrogens is 289 g/mol. The minimum absolute atomic E-state index is 0.00127. The van der Waals surface area contributed by atoms with Crippen LogP contribution in [0.2, 0.25) is 0 Å². The number of benzene rings is 1. The number of hydrogen-bond acceptors (Lipinski definition) is 1. The summed E-state index contributed by atoms with van der Waals surface area (Å²) in [5.41, 5.74) is 0.531. The standard InChI is InChI=1S/C15H16F5N/c1-10-4-2-5-11(8-21(10)9-15(18,19)20)12-6-3-7-13(16)14(12)17/h3,6-7,11H,1-2,4-5,8-9H2. The second kappa shape index (κ2) is 6.03. The number of allylic oxidation sites excluding steroid dienone is 1. The minimum atomic E-state index is -4.35. The van der Waals surface area contributed by atoms with Gasteiger partial charge in [0.15, 0.2) is 11.6 Å². The molecule has 1 nitrogen and oxygen atoms in total. The Morgan fingerprint density at radius 3 is 2.62 bits per heavy atom. The summed E-state index contributed by atoms with van der Waals surface area (Å²) in [6.07, 6.45) is -2.80. The van der Waals surface area contributed by atoms with Crippen LogP contribution in [0.3, 0.4) is 0 Å². The lowest BCUT2D eigenvalue weighted by Gasteiger charge is -2.29. The van der Waals surface area contributed by atoms with Gasteiger partial charge in [0, 0.05) is 18.2 Å². The molecule has 1 aromatic rings. The van der Waals surface area contributed by atoms with Crippen LogP contribution >= 0.6 is 0 Å². The zero-order valence-corrected chi connectivity index (χ0v) is 11.4. The van der Waals surface area contributed by atoms with Gasteiger partial charge in [0.2, 0.25) is 0 Å². The quantitative estimate of drug-likeness (QED) is 0.721. The van der Waals surface area contributed by atoms with Crippen molar-refractivity contribution in [1.82, 2.24) is 4.90 Å². The van der Waals surface area contributed by atoms with Crippen molar-refractivity contribution < 1.29 is 22.0 Å². The molecular formula is C15H16F5N. The molecule has 1 aliphatic rings. The molecule has 2 rings (SSSR count). The highest BCUT2D eigenvalue weighted by molar-refractivity contribution is 5.24. The predicted octanol–water partition coefficient (Wildman–Crippen LogP) is 4.61. The third-order valence-electron chi connectivity index (χ3n) is 3.70. The average Bonchev–Trinajstić information content (AvgIpc) is 2.54. The summed E-state index contributed by atoms with van der Waals surface area (Å²) in [5.74, 6) is -2.41. The predicted molar refractivity (Wildman–Crippen MR) is 69.7 cm³/mol. The zero-order valence-electron chi connectivity index (χ0n) is 11.4. The van der Waals surface area contributed by atoms with E-state index >= 15 is 0 Å². The van der Waals surface area contributed by atoms with E-state index in [0.29, 0.717) is 25.0 Å². The lowest BCUT2D eigenvalue weighted by atomic mass is 9.93. The maximum Gasteiger partial charge on any atom is 0.405 e. The van der Waals surface area contributed by atoms with E-state index in [9.17, 15) is 22.0 Å². The molecule has 0 bridgehead atoms. The third-order valence-corrected chi connectivity index (χ3v) is 3.70. The highest BCUT2D eigenvalue weighted by Crippen LogP contribution is 2.33. The van der Waals surface area contributed by atoms with Gasteiger partial charge in [0.05, 0.1) is 0 Å². The Morgan fingerprint density at radius 1 is 1.24 bits per heavy atom. The molecule has 116 valence electrons. The van der Waals surface area contributed by atoms with E-state index in [1.54, 1.807) is 0 Å². The second-order valence-corrected chi connectivity index (χ2v) is 5.29. The monoisotopic (exact) mass is 305 g/mol. The van der Waals surface area contributed by atoms with Crippen LogP contribution in [-0.4, -0.2) is 24.2 Å². The SMILES string of the molecule is C=C1CCCC(c2cccc(F)c2F)CN1CC(F)(F)F. The van der Waals surface area contributed by atoms with Crippen molar-refractivity contribution in [3.05, 3.63) is 47.7 Å². The first-order chi connectivity index (χ1) is 9.78. The van der Waals surface area contributed by atoms with Gasteiger partial charge in [-0.2, -0.15) is 13.2 Å². The molecule has 0 aliphatic carbocycles. The highest BCUT2D eigenvalue weighted by atomic mass is 19.4. The Balaban J connectivity index is 2.24. The van der Waals surface area contributed by atoms with Crippen molar-refractivity contribution in [3.63, 3.8) is 0 Å². The van der Waals surface area contributed by atoms with E-state index in [2.05, 4.69) is 6.58 Å². The van der Waals surface area contributed by atoms with E-state index in [4.69, 9.17) is 0 Å². The lowest BCUT2D eigenvalue weighted by Crippen LogP contribution is -2.35. The Bertz CT molecular complexity index is 523. The molecule has 0 radical (unpaired) electrons. The number of halogens is 5. The van der Waals surface area contributed by atoms with E-state index in [0.717, 1.165) is 11.0 Å². The Kier molecular flexibility index (Phi) is 4.54. The number of rotatable bonds is 2. The van der Waals surface area contributed by atoms with Gasteiger partial charge < -0.3 is 4.90 Å². The number of likely N-dealkylation sites (tertiary alicyclic amines) is 1. The molecule has 0 aromatic heterocycles. The molecule has 21 heavy (non-hydrogen) atoms. The molecule has 1 aliphatic heterocycles. The van der Waals surface area contributed by atoms with Crippen molar-refractivity contribution in [2.24, 2.45) is 0 Å². The lowest BCUT2D eigenvalue weighted by molar-refractivity contribution is -0.142. The second-order valence-electron chi connectivity index (χ2n) is 5.29. The van der Waals surface area contributed by atoms with Gasteiger partial charge in [0.1, 0.15) is 6.54 Å². The van der Waals surface area contributed by atoms with Crippen LogP contribution < -0.4 is 0 Å².